The van der Waals surface area contributed by atoms with Crippen LogP contribution < -0.4 is 5.32 Å². The van der Waals surface area contributed by atoms with Crippen LogP contribution in [-0.4, -0.2) is 25.0 Å². The molecule has 0 atom stereocenters. The highest BCUT2D eigenvalue weighted by molar-refractivity contribution is 6.13. The third kappa shape index (κ3) is 2.77. The number of anilines is 1. The third-order valence-corrected chi connectivity index (χ3v) is 5.12. The topological polar surface area (TPSA) is 64.7 Å². The van der Waals surface area contributed by atoms with Crippen LogP contribution in [0.3, 0.4) is 0 Å². The van der Waals surface area contributed by atoms with Crippen LogP contribution in [0.4, 0.5) is 5.69 Å². The van der Waals surface area contributed by atoms with Gasteiger partial charge in [0.05, 0.1) is 16.6 Å². The average molecular weight is 381 g/mol. The maximum absolute atomic E-state index is 13.2. The fraction of sp³-hybridized carbons (Fsp3) is 0.0870. The normalized spacial score (nSPS) is 11.2. The van der Waals surface area contributed by atoms with Crippen LogP contribution in [0.1, 0.15) is 16.1 Å². The Balaban J connectivity index is 1.75. The quantitative estimate of drug-likeness (QED) is 0.501. The number of aryl methyl sites for hydroxylation is 2. The number of para-hydroxylation sites is 1. The third-order valence-electron chi connectivity index (χ3n) is 5.12. The van der Waals surface area contributed by atoms with Gasteiger partial charge < -0.3 is 9.88 Å². The molecule has 0 unspecified atom stereocenters. The highest BCUT2D eigenvalue weighted by atomic mass is 16.2. The standard InChI is InChI=1S/C23H19N5O/c1-15-7-5-8-16(13-15)26-22(29)20-14-19-21(28(20)23-24-11-6-12-25-23)17-9-3-4-10-18(17)27(19)2/h3-14H,1-2H3,(H,26,29). The van der Waals surface area contributed by atoms with Gasteiger partial charge in [-0.15, -0.1) is 0 Å². The number of fused-ring (bicyclic) bond motifs is 3. The van der Waals surface area contributed by atoms with Crippen molar-refractivity contribution >= 4 is 33.5 Å². The maximum Gasteiger partial charge on any atom is 0.272 e. The molecule has 0 spiro atoms. The van der Waals surface area contributed by atoms with Crippen LogP contribution in [0.15, 0.2) is 73.1 Å². The number of carbonyl (C=O) groups is 1. The number of aromatic nitrogens is 4. The molecule has 1 amide bonds. The average Bonchev–Trinajstić information content (AvgIpc) is 3.26. The van der Waals surface area contributed by atoms with Gasteiger partial charge in [0.2, 0.25) is 5.95 Å². The Morgan fingerprint density at radius 1 is 0.931 bits per heavy atom. The summed E-state index contributed by atoms with van der Waals surface area (Å²) in [7, 11) is 2.00. The molecule has 3 heterocycles. The van der Waals surface area contributed by atoms with Crippen molar-refractivity contribution in [2.45, 2.75) is 6.92 Å². The monoisotopic (exact) mass is 381 g/mol. The molecule has 0 aliphatic rings. The molecule has 0 aliphatic heterocycles. The van der Waals surface area contributed by atoms with Crippen molar-refractivity contribution in [2.24, 2.45) is 7.05 Å². The van der Waals surface area contributed by atoms with Gasteiger partial charge in [-0.3, -0.25) is 9.36 Å². The predicted molar refractivity (Wildman–Crippen MR) is 114 cm³/mol. The number of nitrogens with zero attached hydrogens (tertiary/aromatic N) is 4. The SMILES string of the molecule is Cc1cccc(NC(=O)c2cc3c(c4ccccc4n3C)n2-c2ncccn2)c1. The minimum atomic E-state index is -0.205. The van der Waals surface area contributed by atoms with Crippen molar-refractivity contribution in [1.29, 1.82) is 0 Å². The summed E-state index contributed by atoms with van der Waals surface area (Å²) in [5.41, 5.74) is 5.29. The molecule has 0 saturated carbocycles. The molecular formula is C23H19N5O. The fourth-order valence-corrected chi connectivity index (χ4v) is 3.81. The Morgan fingerprint density at radius 2 is 1.72 bits per heavy atom. The lowest BCUT2D eigenvalue weighted by molar-refractivity contribution is 0.102. The smallest absolute Gasteiger partial charge is 0.272 e. The van der Waals surface area contributed by atoms with E-state index in [9.17, 15) is 4.79 Å². The van der Waals surface area contributed by atoms with E-state index in [4.69, 9.17) is 0 Å². The second-order valence-corrected chi connectivity index (χ2v) is 7.05. The van der Waals surface area contributed by atoms with Crippen LogP contribution in [0.2, 0.25) is 0 Å². The van der Waals surface area contributed by atoms with Crippen molar-refractivity contribution in [1.82, 2.24) is 19.1 Å². The summed E-state index contributed by atoms with van der Waals surface area (Å²) < 4.78 is 3.93. The molecule has 5 rings (SSSR count). The second kappa shape index (κ2) is 6.60. The first-order valence-electron chi connectivity index (χ1n) is 9.38. The van der Waals surface area contributed by atoms with Gasteiger partial charge in [-0.1, -0.05) is 30.3 Å². The molecule has 1 N–H and O–H groups in total. The molecular weight excluding hydrogens is 362 g/mol. The van der Waals surface area contributed by atoms with Gasteiger partial charge in [0.25, 0.3) is 5.91 Å². The van der Waals surface area contributed by atoms with E-state index in [2.05, 4.69) is 32.0 Å². The molecule has 2 aromatic carbocycles. The van der Waals surface area contributed by atoms with Crippen molar-refractivity contribution in [3.05, 3.63) is 84.3 Å². The van der Waals surface area contributed by atoms with Crippen molar-refractivity contribution in [3.8, 4) is 5.95 Å². The Bertz CT molecular complexity index is 1360. The zero-order valence-corrected chi connectivity index (χ0v) is 16.1. The van der Waals surface area contributed by atoms with Crippen LogP contribution >= 0.6 is 0 Å². The summed E-state index contributed by atoms with van der Waals surface area (Å²) in [5.74, 6) is 0.261. The molecule has 6 heteroatoms. The van der Waals surface area contributed by atoms with Gasteiger partial charge in [0.1, 0.15) is 5.69 Å². The Kier molecular flexibility index (Phi) is 3.91. The van der Waals surface area contributed by atoms with Crippen molar-refractivity contribution in [2.75, 3.05) is 5.32 Å². The largest absolute Gasteiger partial charge is 0.342 e. The minimum absolute atomic E-state index is 0.205. The number of carbonyl (C=O) groups excluding carboxylic acids is 1. The van der Waals surface area contributed by atoms with Crippen LogP contribution in [0.5, 0.6) is 0 Å². The highest BCUT2D eigenvalue weighted by Crippen LogP contribution is 2.32. The first-order valence-corrected chi connectivity index (χ1v) is 9.38. The molecule has 29 heavy (non-hydrogen) atoms. The van der Waals surface area contributed by atoms with Crippen molar-refractivity contribution in [3.63, 3.8) is 0 Å². The zero-order chi connectivity index (χ0) is 20.0. The molecule has 6 nitrogen and oxygen atoms in total. The second-order valence-electron chi connectivity index (χ2n) is 7.05. The molecule has 0 fully saturated rings. The zero-order valence-electron chi connectivity index (χ0n) is 16.1. The van der Waals surface area contributed by atoms with Crippen molar-refractivity contribution < 1.29 is 4.79 Å². The van der Waals surface area contributed by atoms with Crippen LogP contribution in [-0.2, 0) is 7.05 Å². The number of rotatable bonds is 3. The number of nitrogens with one attached hydrogen (secondary N) is 1. The lowest BCUT2D eigenvalue weighted by Gasteiger charge is -2.10. The summed E-state index contributed by atoms with van der Waals surface area (Å²) in [4.78, 5) is 22.1. The fourth-order valence-electron chi connectivity index (χ4n) is 3.81. The van der Waals surface area contributed by atoms with Gasteiger partial charge in [0, 0.05) is 30.5 Å². The summed E-state index contributed by atoms with van der Waals surface area (Å²) in [6.45, 7) is 2.00. The Hall–Kier alpha value is -3.93. The molecule has 0 radical (unpaired) electrons. The first-order chi connectivity index (χ1) is 14.1. The first kappa shape index (κ1) is 17.2. The summed E-state index contributed by atoms with van der Waals surface area (Å²) >= 11 is 0. The number of benzene rings is 2. The lowest BCUT2D eigenvalue weighted by atomic mass is 10.2. The highest BCUT2D eigenvalue weighted by Gasteiger charge is 2.23. The maximum atomic E-state index is 13.2. The number of hydrogen-bond acceptors (Lipinski definition) is 3. The van der Waals surface area contributed by atoms with Crippen LogP contribution in [0, 0.1) is 6.92 Å². The van der Waals surface area contributed by atoms with E-state index in [1.54, 1.807) is 18.5 Å². The molecule has 0 bridgehead atoms. The van der Waals surface area contributed by atoms with Gasteiger partial charge in [-0.25, -0.2) is 9.97 Å². The number of hydrogen-bond donors (Lipinski definition) is 1. The predicted octanol–water partition coefficient (Wildman–Crippen LogP) is 4.47. The summed E-state index contributed by atoms with van der Waals surface area (Å²) in [6, 6.07) is 19.5. The van der Waals surface area contributed by atoms with Gasteiger partial charge in [-0.2, -0.15) is 0 Å². The van der Waals surface area contributed by atoms with E-state index in [0.717, 1.165) is 33.2 Å². The molecule has 0 saturated heterocycles. The summed E-state index contributed by atoms with van der Waals surface area (Å²) in [5, 5.41) is 4.05. The van der Waals surface area contributed by atoms with E-state index in [1.165, 1.54) is 0 Å². The van der Waals surface area contributed by atoms with E-state index >= 15 is 0 Å². The van der Waals surface area contributed by atoms with Gasteiger partial charge in [-0.05, 0) is 42.8 Å². The molecule has 0 aliphatic carbocycles. The number of amides is 1. The minimum Gasteiger partial charge on any atom is -0.342 e. The van der Waals surface area contributed by atoms with E-state index in [0.29, 0.717) is 11.6 Å². The van der Waals surface area contributed by atoms with Crippen LogP contribution in [0.25, 0.3) is 27.9 Å². The van der Waals surface area contributed by atoms with E-state index in [1.807, 2.05) is 61.0 Å². The van der Waals surface area contributed by atoms with Gasteiger partial charge >= 0.3 is 0 Å². The molecule has 142 valence electrons. The summed E-state index contributed by atoms with van der Waals surface area (Å²) in [6.07, 6.45) is 3.36. The van der Waals surface area contributed by atoms with E-state index in [-0.39, 0.29) is 5.91 Å². The van der Waals surface area contributed by atoms with E-state index < -0.39 is 0 Å². The molecule has 3 aromatic heterocycles. The molecule has 5 aromatic rings. The lowest BCUT2D eigenvalue weighted by Crippen LogP contribution is -2.17. The Labute approximate surface area is 167 Å². The van der Waals surface area contributed by atoms with Gasteiger partial charge in [0.15, 0.2) is 0 Å². The Morgan fingerprint density at radius 3 is 2.52 bits per heavy atom.